The number of aliphatic hydroxyl groups excluding tert-OH is 1. The van der Waals surface area contributed by atoms with Gasteiger partial charge in [-0.2, -0.15) is 5.26 Å². The Labute approximate surface area is 84.8 Å². The van der Waals surface area contributed by atoms with Gasteiger partial charge in [0.2, 0.25) is 0 Å². The lowest BCUT2D eigenvalue weighted by Gasteiger charge is -2.22. The lowest BCUT2D eigenvalue weighted by Crippen LogP contribution is -2.20. The van der Waals surface area contributed by atoms with Gasteiger partial charge in [-0.15, -0.1) is 0 Å². The molecule has 1 N–H and O–H groups in total. The minimum atomic E-state index is -0.487. The molecule has 1 rings (SSSR count). The number of hydrogen-bond donors (Lipinski definition) is 1. The topological polar surface area (TPSA) is 44.0 Å². The second-order valence-corrected chi connectivity index (χ2v) is 3.61. The highest BCUT2D eigenvalue weighted by molar-refractivity contribution is 5.37. The van der Waals surface area contributed by atoms with Gasteiger partial charge in [-0.1, -0.05) is 31.2 Å². The molecule has 0 fully saturated rings. The van der Waals surface area contributed by atoms with Crippen molar-refractivity contribution in [3.63, 3.8) is 0 Å². The van der Waals surface area contributed by atoms with E-state index in [9.17, 15) is 0 Å². The number of hydrogen-bond acceptors (Lipinski definition) is 2. The average molecular weight is 189 g/mol. The Morgan fingerprint density at radius 3 is 2.57 bits per heavy atom. The maximum absolute atomic E-state index is 9.16. The second-order valence-electron chi connectivity index (χ2n) is 3.61. The summed E-state index contributed by atoms with van der Waals surface area (Å²) in [5, 5.41) is 18.3. The van der Waals surface area contributed by atoms with Gasteiger partial charge in [0.05, 0.1) is 18.1 Å². The summed E-state index contributed by atoms with van der Waals surface area (Å²) in [6, 6.07) is 9.86. The zero-order valence-electron chi connectivity index (χ0n) is 8.62. The van der Waals surface area contributed by atoms with Gasteiger partial charge in [0.15, 0.2) is 0 Å². The van der Waals surface area contributed by atoms with Crippen molar-refractivity contribution in [2.45, 2.75) is 32.3 Å². The summed E-state index contributed by atoms with van der Waals surface area (Å²) in [5.74, 6) is 0. The summed E-state index contributed by atoms with van der Waals surface area (Å²) in [5.41, 5.74) is 1.30. The molecule has 0 bridgehead atoms. The van der Waals surface area contributed by atoms with Crippen molar-refractivity contribution in [3.8, 4) is 6.07 Å². The largest absolute Gasteiger partial charge is 0.392 e. The fourth-order valence-corrected chi connectivity index (χ4v) is 1.53. The van der Waals surface area contributed by atoms with E-state index in [1.54, 1.807) is 0 Å². The van der Waals surface area contributed by atoms with E-state index in [1.165, 1.54) is 0 Å². The van der Waals surface area contributed by atoms with Crippen molar-refractivity contribution in [3.05, 3.63) is 35.4 Å². The molecule has 1 aromatic rings. The first-order valence-electron chi connectivity index (χ1n) is 4.78. The van der Waals surface area contributed by atoms with E-state index in [0.717, 1.165) is 17.5 Å². The van der Waals surface area contributed by atoms with Gasteiger partial charge in [0.25, 0.3) is 0 Å². The van der Waals surface area contributed by atoms with Crippen LogP contribution in [0, 0.1) is 11.3 Å². The minimum Gasteiger partial charge on any atom is -0.392 e. The summed E-state index contributed by atoms with van der Waals surface area (Å²) >= 11 is 0. The smallest absolute Gasteiger partial charge is 0.0795 e. The monoisotopic (exact) mass is 189 g/mol. The molecule has 0 aliphatic rings. The van der Waals surface area contributed by atoms with Crippen molar-refractivity contribution >= 4 is 0 Å². The van der Waals surface area contributed by atoms with Gasteiger partial charge in [-0.05, 0) is 24.5 Å². The zero-order valence-corrected chi connectivity index (χ0v) is 8.62. The number of nitriles is 1. The fraction of sp³-hybridized carbons (Fsp3) is 0.417. The first-order chi connectivity index (χ1) is 6.68. The fourth-order valence-electron chi connectivity index (χ4n) is 1.53. The highest BCUT2D eigenvalue weighted by Gasteiger charge is 2.26. The summed E-state index contributed by atoms with van der Waals surface area (Å²) in [7, 11) is 0. The molecule has 1 atom stereocenters. The van der Waals surface area contributed by atoms with E-state index in [2.05, 4.69) is 6.07 Å². The van der Waals surface area contributed by atoms with E-state index in [0.29, 0.717) is 0 Å². The quantitative estimate of drug-likeness (QED) is 0.793. The van der Waals surface area contributed by atoms with E-state index in [-0.39, 0.29) is 6.61 Å². The molecule has 74 valence electrons. The third-order valence-corrected chi connectivity index (χ3v) is 2.74. The van der Waals surface area contributed by atoms with Crippen molar-refractivity contribution in [1.82, 2.24) is 0 Å². The molecule has 0 spiro atoms. The van der Waals surface area contributed by atoms with Crippen molar-refractivity contribution in [1.29, 1.82) is 5.26 Å². The van der Waals surface area contributed by atoms with E-state index in [1.807, 2.05) is 38.1 Å². The molecule has 0 radical (unpaired) electrons. The molecule has 0 heterocycles. The Morgan fingerprint density at radius 2 is 2.07 bits per heavy atom. The molecular weight excluding hydrogens is 174 g/mol. The van der Waals surface area contributed by atoms with Crippen LogP contribution in [-0.4, -0.2) is 5.11 Å². The number of aliphatic hydroxyl groups is 1. The van der Waals surface area contributed by atoms with Crippen LogP contribution in [0.3, 0.4) is 0 Å². The summed E-state index contributed by atoms with van der Waals surface area (Å²) in [6.45, 7) is 3.88. The molecule has 2 heteroatoms. The predicted molar refractivity (Wildman–Crippen MR) is 55.6 cm³/mol. The summed E-state index contributed by atoms with van der Waals surface area (Å²) < 4.78 is 0. The van der Waals surface area contributed by atoms with Crippen molar-refractivity contribution < 1.29 is 5.11 Å². The van der Waals surface area contributed by atoms with Gasteiger partial charge in [-0.3, -0.25) is 0 Å². The van der Waals surface area contributed by atoms with Crippen molar-refractivity contribution in [2.75, 3.05) is 0 Å². The van der Waals surface area contributed by atoms with Crippen LogP contribution in [0.15, 0.2) is 24.3 Å². The van der Waals surface area contributed by atoms with Crippen LogP contribution in [0.4, 0.5) is 0 Å². The molecule has 0 saturated carbocycles. The Bertz CT molecular complexity index is 354. The Hall–Kier alpha value is -1.33. The Kier molecular flexibility index (Phi) is 3.27. The number of rotatable bonds is 3. The average Bonchev–Trinajstić information content (AvgIpc) is 2.28. The van der Waals surface area contributed by atoms with Gasteiger partial charge in [-0.25, -0.2) is 0 Å². The molecule has 0 saturated heterocycles. The zero-order chi connectivity index (χ0) is 10.6. The maximum atomic E-state index is 9.16. The third-order valence-electron chi connectivity index (χ3n) is 2.74. The van der Waals surface area contributed by atoms with Crippen LogP contribution in [0.1, 0.15) is 31.4 Å². The molecule has 0 aliphatic carbocycles. The summed E-state index contributed by atoms with van der Waals surface area (Å²) in [4.78, 5) is 0. The predicted octanol–water partition coefficient (Wildman–Crippen LogP) is 2.37. The Morgan fingerprint density at radius 1 is 1.43 bits per heavy atom. The van der Waals surface area contributed by atoms with E-state index < -0.39 is 5.41 Å². The standard InChI is InChI=1S/C12H15NO/c1-3-12(2,9-13)11-7-5-4-6-10(11)8-14/h4-7,14H,3,8H2,1-2H3. The van der Waals surface area contributed by atoms with E-state index in [4.69, 9.17) is 10.4 Å². The molecule has 0 aliphatic heterocycles. The van der Waals surface area contributed by atoms with Crippen LogP contribution in [0.2, 0.25) is 0 Å². The first-order valence-corrected chi connectivity index (χ1v) is 4.78. The lowest BCUT2D eigenvalue weighted by molar-refractivity contribution is 0.279. The summed E-state index contributed by atoms with van der Waals surface area (Å²) in [6.07, 6.45) is 0.751. The number of benzene rings is 1. The van der Waals surface area contributed by atoms with Crippen LogP contribution < -0.4 is 0 Å². The molecular formula is C12H15NO. The number of nitrogens with zero attached hydrogens (tertiary/aromatic N) is 1. The minimum absolute atomic E-state index is 0.00650. The highest BCUT2D eigenvalue weighted by Crippen LogP contribution is 2.29. The normalized spacial score (nSPS) is 14.4. The van der Waals surface area contributed by atoms with E-state index >= 15 is 0 Å². The molecule has 0 aromatic heterocycles. The molecule has 1 unspecified atom stereocenters. The third kappa shape index (κ3) is 1.78. The SMILES string of the molecule is CCC(C)(C#N)c1ccccc1CO. The van der Waals surface area contributed by atoms with Crippen LogP contribution in [0.25, 0.3) is 0 Å². The first kappa shape index (κ1) is 10.7. The maximum Gasteiger partial charge on any atom is 0.0795 e. The Balaban J connectivity index is 3.24. The van der Waals surface area contributed by atoms with Crippen LogP contribution in [0.5, 0.6) is 0 Å². The molecule has 0 amide bonds. The van der Waals surface area contributed by atoms with Gasteiger partial charge in [0.1, 0.15) is 0 Å². The van der Waals surface area contributed by atoms with Crippen LogP contribution >= 0.6 is 0 Å². The highest BCUT2D eigenvalue weighted by atomic mass is 16.3. The van der Waals surface area contributed by atoms with Crippen LogP contribution in [-0.2, 0) is 12.0 Å². The van der Waals surface area contributed by atoms with Crippen molar-refractivity contribution in [2.24, 2.45) is 0 Å². The molecule has 2 nitrogen and oxygen atoms in total. The second kappa shape index (κ2) is 4.26. The molecule has 1 aromatic carbocycles. The van der Waals surface area contributed by atoms with Gasteiger partial charge in [0, 0.05) is 0 Å². The molecule has 14 heavy (non-hydrogen) atoms. The van der Waals surface area contributed by atoms with Gasteiger partial charge >= 0.3 is 0 Å². The lowest BCUT2D eigenvalue weighted by atomic mass is 9.79. The van der Waals surface area contributed by atoms with Gasteiger partial charge < -0.3 is 5.11 Å².